The number of nitrogens with zero attached hydrogens (tertiary/aromatic N) is 3. The summed E-state index contributed by atoms with van der Waals surface area (Å²) in [5, 5.41) is 18.8. The van der Waals surface area contributed by atoms with Crippen LogP contribution in [0.3, 0.4) is 0 Å². The lowest BCUT2D eigenvalue weighted by molar-refractivity contribution is 0.0328. The number of aromatic nitrogens is 2. The van der Waals surface area contributed by atoms with Crippen LogP contribution in [0.15, 0.2) is 41.2 Å². The van der Waals surface area contributed by atoms with E-state index in [0.717, 1.165) is 12.1 Å². The van der Waals surface area contributed by atoms with Gasteiger partial charge in [0.25, 0.3) is 0 Å². The van der Waals surface area contributed by atoms with Crippen molar-refractivity contribution in [1.29, 1.82) is 0 Å². The fraction of sp³-hybridized carbons (Fsp3) is 0.500. The molecule has 0 spiro atoms. The van der Waals surface area contributed by atoms with Gasteiger partial charge in [-0.3, -0.25) is 0 Å². The lowest BCUT2D eigenvalue weighted by Crippen LogP contribution is -2.39. The van der Waals surface area contributed by atoms with Crippen molar-refractivity contribution in [3.05, 3.63) is 46.9 Å². The van der Waals surface area contributed by atoms with Gasteiger partial charge in [0, 0.05) is 29.9 Å². The minimum atomic E-state index is -0.961. The van der Waals surface area contributed by atoms with Crippen molar-refractivity contribution in [3.8, 4) is 0 Å². The maximum Gasteiger partial charge on any atom is 0.222 e. The van der Waals surface area contributed by atoms with Crippen LogP contribution in [0.4, 0.5) is 11.8 Å². The van der Waals surface area contributed by atoms with Gasteiger partial charge in [0.05, 0.1) is 19.3 Å². The molecule has 4 N–H and O–H groups in total. The molecular weight excluding hydrogens is 396 g/mol. The highest BCUT2D eigenvalue weighted by atomic mass is 35.5. The average molecular weight is 425 g/mol. The van der Waals surface area contributed by atoms with E-state index < -0.39 is 6.10 Å². The van der Waals surface area contributed by atoms with Gasteiger partial charge in [0.1, 0.15) is 24.3 Å². The summed E-state index contributed by atoms with van der Waals surface area (Å²) in [6.45, 7) is 9.15. The molecule has 0 amide bonds. The molecule has 160 valence electrons. The molecule has 29 heavy (non-hydrogen) atoms. The molecule has 1 saturated heterocycles. The molecule has 1 fully saturated rings. The number of halogens is 1. The normalized spacial score (nSPS) is 19.6. The molecule has 1 aliphatic heterocycles. The third-order valence-corrected chi connectivity index (χ3v) is 4.76. The first-order chi connectivity index (χ1) is 13.8. The number of ether oxygens (including phenoxy) is 2. The second-order valence-corrected chi connectivity index (χ2v) is 7.13. The molecule has 2 heterocycles. The number of hydrogen-bond donors (Lipinski definition) is 3. The summed E-state index contributed by atoms with van der Waals surface area (Å²) >= 11 is 6.55. The number of hydrogen-bond acceptors (Lipinski definition) is 8. The van der Waals surface area contributed by atoms with E-state index >= 15 is 0 Å². The first-order valence-electron chi connectivity index (χ1n) is 9.45. The predicted octanol–water partition coefficient (Wildman–Crippen LogP) is 1.92. The van der Waals surface area contributed by atoms with Crippen LogP contribution in [0.25, 0.3) is 0 Å². The Balaban J connectivity index is 2.23. The van der Waals surface area contributed by atoms with Gasteiger partial charge >= 0.3 is 0 Å². The highest BCUT2D eigenvalue weighted by molar-refractivity contribution is 6.32. The second kappa shape index (κ2) is 11.2. The summed E-state index contributed by atoms with van der Waals surface area (Å²) in [5.74, 6) is 1.37. The van der Waals surface area contributed by atoms with Crippen LogP contribution in [0, 0.1) is 6.92 Å². The summed E-state index contributed by atoms with van der Waals surface area (Å²) in [5.41, 5.74) is 7.26. The first kappa shape index (κ1) is 23.2. The zero-order chi connectivity index (χ0) is 21.4. The maximum atomic E-state index is 9.47. The fourth-order valence-electron chi connectivity index (χ4n) is 2.89. The number of allylic oxidation sites excluding steroid dienone is 2. The Kier molecular flexibility index (Phi) is 8.91. The van der Waals surface area contributed by atoms with Crippen LogP contribution >= 0.6 is 11.6 Å². The topological polar surface area (TPSA) is 114 Å². The standard InChI is InChI=1S/C20H29ClN4O4/c1-4-16(29-11-15(27)10-26)9-17(21)14(3)18-12-28-7-5-6-25(18)19-8-13(2)23-20(22)24-19/h4,8-9,15,18,26-27H,3,5-7,10-12H2,1-2H3,(H2,22,23,24)/b16-4+,17-9+/t15-,18+/m0/s1. The SMILES string of the molecule is C=C(/C(Cl)=C\C(=C/C)OC[C@@H](O)CO)[C@H]1COCCCN1c1cc(C)nc(N)n1. The highest BCUT2D eigenvalue weighted by Gasteiger charge is 2.27. The van der Waals surface area contributed by atoms with Gasteiger partial charge in [-0.15, -0.1) is 0 Å². The van der Waals surface area contributed by atoms with E-state index in [1.807, 2.05) is 13.0 Å². The number of nitrogen functional groups attached to an aromatic ring is 1. The monoisotopic (exact) mass is 424 g/mol. The molecule has 0 aliphatic carbocycles. The Labute approximate surface area is 176 Å². The van der Waals surface area contributed by atoms with Crippen LogP contribution < -0.4 is 10.6 Å². The minimum Gasteiger partial charge on any atom is -0.491 e. The van der Waals surface area contributed by atoms with E-state index in [1.54, 1.807) is 19.1 Å². The van der Waals surface area contributed by atoms with Crippen molar-refractivity contribution in [2.45, 2.75) is 32.4 Å². The van der Waals surface area contributed by atoms with Crippen LogP contribution in [0.5, 0.6) is 0 Å². The van der Waals surface area contributed by atoms with Crippen LogP contribution in [0.2, 0.25) is 0 Å². The lowest BCUT2D eigenvalue weighted by Gasteiger charge is -2.32. The summed E-state index contributed by atoms with van der Waals surface area (Å²) in [6, 6.07) is 1.63. The summed E-state index contributed by atoms with van der Waals surface area (Å²) < 4.78 is 11.2. The van der Waals surface area contributed by atoms with Crippen molar-refractivity contribution in [2.75, 3.05) is 43.6 Å². The largest absolute Gasteiger partial charge is 0.491 e. The molecule has 1 aromatic heterocycles. The van der Waals surface area contributed by atoms with Gasteiger partial charge in [-0.2, -0.15) is 4.98 Å². The quantitative estimate of drug-likeness (QED) is 0.428. The van der Waals surface area contributed by atoms with E-state index in [2.05, 4.69) is 21.4 Å². The number of anilines is 2. The number of nitrogens with two attached hydrogens (primary N) is 1. The molecular formula is C20H29ClN4O4. The molecule has 1 aliphatic rings. The lowest BCUT2D eigenvalue weighted by atomic mass is 10.1. The van der Waals surface area contributed by atoms with Gasteiger partial charge in [0.15, 0.2) is 0 Å². The number of aliphatic hydroxyl groups excluding tert-OH is 2. The molecule has 9 heteroatoms. The van der Waals surface area contributed by atoms with E-state index in [1.165, 1.54) is 0 Å². The Morgan fingerprint density at radius 2 is 2.31 bits per heavy atom. The number of aliphatic hydroxyl groups is 2. The third kappa shape index (κ3) is 6.71. The fourth-order valence-corrected chi connectivity index (χ4v) is 3.13. The highest BCUT2D eigenvalue weighted by Crippen LogP contribution is 2.28. The summed E-state index contributed by atoms with van der Waals surface area (Å²) in [7, 11) is 0. The van der Waals surface area contributed by atoms with Crippen molar-refractivity contribution in [3.63, 3.8) is 0 Å². The third-order valence-electron chi connectivity index (χ3n) is 4.41. The zero-order valence-electron chi connectivity index (χ0n) is 16.8. The summed E-state index contributed by atoms with van der Waals surface area (Å²) in [4.78, 5) is 10.6. The Hall–Kier alpha value is -2.13. The summed E-state index contributed by atoms with van der Waals surface area (Å²) in [6.07, 6.45) is 3.22. The first-order valence-corrected chi connectivity index (χ1v) is 9.83. The van der Waals surface area contributed by atoms with Gasteiger partial charge in [-0.05, 0) is 38.0 Å². The van der Waals surface area contributed by atoms with E-state index in [-0.39, 0.29) is 25.2 Å². The van der Waals surface area contributed by atoms with Crippen molar-refractivity contribution in [2.24, 2.45) is 0 Å². The minimum absolute atomic E-state index is 0.0402. The molecule has 0 aromatic carbocycles. The molecule has 8 nitrogen and oxygen atoms in total. The van der Waals surface area contributed by atoms with Crippen LogP contribution in [0.1, 0.15) is 19.0 Å². The van der Waals surface area contributed by atoms with Crippen LogP contribution in [-0.4, -0.2) is 65.3 Å². The smallest absolute Gasteiger partial charge is 0.222 e. The van der Waals surface area contributed by atoms with Crippen molar-refractivity contribution >= 4 is 23.4 Å². The molecule has 2 rings (SSSR count). The van der Waals surface area contributed by atoms with E-state index in [9.17, 15) is 5.11 Å². The molecule has 0 bridgehead atoms. The molecule has 2 atom stereocenters. The van der Waals surface area contributed by atoms with E-state index in [4.69, 9.17) is 31.9 Å². The van der Waals surface area contributed by atoms with Gasteiger partial charge in [-0.1, -0.05) is 18.2 Å². The molecule has 0 saturated carbocycles. The van der Waals surface area contributed by atoms with E-state index in [0.29, 0.717) is 41.9 Å². The van der Waals surface area contributed by atoms with Crippen molar-refractivity contribution in [1.82, 2.24) is 9.97 Å². The van der Waals surface area contributed by atoms with Gasteiger partial charge in [-0.25, -0.2) is 4.98 Å². The maximum absolute atomic E-state index is 9.47. The number of aryl methyl sites for hydroxylation is 1. The number of rotatable bonds is 8. The van der Waals surface area contributed by atoms with Gasteiger partial charge < -0.3 is 30.3 Å². The zero-order valence-corrected chi connectivity index (χ0v) is 17.6. The van der Waals surface area contributed by atoms with Crippen LogP contribution in [-0.2, 0) is 9.47 Å². The Morgan fingerprint density at radius 1 is 1.55 bits per heavy atom. The Morgan fingerprint density at radius 3 is 2.97 bits per heavy atom. The van der Waals surface area contributed by atoms with Gasteiger partial charge in [0.2, 0.25) is 5.95 Å². The molecule has 0 radical (unpaired) electrons. The second-order valence-electron chi connectivity index (χ2n) is 6.72. The average Bonchev–Trinajstić information content (AvgIpc) is 2.95. The Bertz CT molecular complexity index is 749. The molecule has 1 aromatic rings. The predicted molar refractivity (Wildman–Crippen MR) is 114 cm³/mol. The molecule has 0 unspecified atom stereocenters. The van der Waals surface area contributed by atoms with Crippen molar-refractivity contribution < 1.29 is 19.7 Å².